The molecule has 17 heteroatoms. The Labute approximate surface area is 353 Å². The molecule has 11 atom stereocenters. The highest BCUT2D eigenvalue weighted by molar-refractivity contribution is 5.95. The van der Waals surface area contributed by atoms with Crippen molar-refractivity contribution in [3.8, 4) is 0 Å². The van der Waals surface area contributed by atoms with Gasteiger partial charge in [0.15, 0.2) is 23.1 Å². The zero-order valence-corrected chi connectivity index (χ0v) is 35.9. The molecular weight excluding hydrogens is 798 g/mol. The number of ketones is 1. The van der Waals surface area contributed by atoms with Gasteiger partial charge in [-0.25, -0.2) is 14.4 Å². The standard InChI is InChI=1S/C44H55NO16/c1-22-27(58-37(51)42(10,53)33(26-17-14-18-55-26)45-38(52)61-39(4,5)6)20-44(54)35(59-36(50)25-15-12-11-13-16-25)32-41(9,28(48)19-29-43(32,21-56-29)60-24(3)47)34(49)31(57-23(2)46)30(22)40(44,7)8/h11-18,27-29,31-33,35,48,53-54H,19-21H2,1-10H3,(H,45,52)/t27-,28-,29?,31+,32?,33+,35?,41+,42+,43-,44+/m0/s1. The summed E-state index contributed by atoms with van der Waals surface area (Å²) in [4.78, 5) is 83.1. The largest absolute Gasteiger partial charge is 0.467 e. The number of carbonyl (C=O) groups is 6. The minimum atomic E-state index is -2.61. The lowest BCUT2D eigenvalue weighted by atomic mass is 9.44. The fourth-order valence-electron chi connectivity index (χ4n) is 9.75. The number of nitrogens with one attached hydrogen (secondary N) is 1. The highest BCUT2D eigenvalue weighted by Crippen LogP contribution is 2.64. The summed E-state index contributed by atoms with van der Waals surface area (Å²) in [7, 11) is 0. The first-order valence-electron chi connectivity index (χ1n) is 20.1. The Hall–Kier alpha value is -5.10. The third-order valence-corrected chi connectivity index (χ3v) is 12.9. The summed E-state index contributed by atoms with van der Waals surface area (Å²) in [6.07, 6.45) is -8.40. The Balaban J connectivity index is 1.55. The molecule has 0 radical (unpaired) electrons. The second-order valence-electron chi connectivity index (χ2n) is 18.4. The van der Waals surface area contributed by atoms with E-state index >= 15 is 4.79 Å². The number of fused-ring (bicyclic) bond motifs is 5. The van der Waals surface area contributed by atoms with Crippen LogP contribution in [0.1, 0.15) is 104 Å². The first-order valence-corrected chi connectivity index (χ1v) is 20.1. The molecule has 4 aliphatic rings. The highest BCUT2D eigenvalue weighted by atomic mass is 16.6. The van der Waals surface area contributed by atoms with Crippen molar-refractivity contribution in [1.82, 2.24) is 5.32 Å². The molecule has 1 amide bonds. The van der Waals surface area contributed by atoms with Gasteiger partial charge in [-0.15, -0.1) is 0 Å². The van der Waals surface area contributed by atoms with E-state index in [9.17, 15) is 39.3 Å². The van der Waals surface area contributed by atoms with Crippen molar-refractivity contribution in [1.29, 1.82) is 0 Å². The molecule has 6 rings (SSSR count). The van der Waals surface area contributed by atoms with E-state index in [4.69, 9.17) is 32.8 Å². The number of esters is 4. The first-order chi connectivity index (χ1) is 28.2. The fraction of sp³-hybridized carbons (Fsp3) is 0.591. The van der Waals surface area contributed by atoms with E-state index in [1.807, 2.05) is 0 Å². The third kappa shape index (κ3) is 7.63. The van der Waals surface area contributed by atoms with Gasteiger partial charge in [0.2, 0.25) is 0 Å². The van der Waals surface area contributed by atoms with Crippen molar-refractivity contribution >= 4 is 35.8 Å². The van der Waals surface area contributed by atoms with Crippen molar-refractivity contribution in [2.24, 2.45) is 16.7 Å². The minimum absolute atomic E-state index is 0.0329. The molecule has 1 aliphatic heterocycles. The average Bonchev–Trinajstić information content (AvgIpc) is 3.69. The number of benzene rings is 1. The molecule has 4 N–H and O–H groups in total. The quantitative estimate of drug-likeness (QED) is 0.159. The van der Waals surface area contributed by atoms with Gasteiger partial charge >= 0.3 is 30.0 Å². The molecule has 2 aromatic rings. The number of alkyl carbamates (subject to hydrolysis) is 1. The van der Waals surface area contributed by atoms with Gasteiger partial charge < -0.3 is 53.5 Å². The zero-order valence-electron chi connectivity index (χ0n) is 35.9. The third-order valence-electron chi connectivity index (χ3n) is 12.9. The number of rotatable bonds is 9. The Kier molecular flexibility index (Phi) is 11.7. The zero-order chi connectivity index (χ0) is 45.2. The predicted octanol–water partition coefficient (Wildman–Crippen LogP) is 3.81. The van der Waals surface area contributed by atoms with E-state index in [0.29, 0.717) is 0 Å². The minimum Gasteiger partial charge on any atom is -0.467 e. The Morgan fingerprint density at radius 1 is 0.934 bits per heavy atom. The van der Waals surface area contributed by atoms with Crippen molar-refractivity contribution < 1.29 is 76.9 Å². The molecule has 3 fully saturated rings. The Bertz CT molecular complexity index is 2100. The van der Waals surface area contributed by atoms with Crippen molar-refractivity contribution in [3.05, 3.63) is 71.2 Å². The van der Waals surface area contributed by atoms with E-state index in [0.717, 1.165) is 20.8 Å². The number of ether oxygens (including phenoxy) is 6. The van der Waals surface area contributed by atoms with E-state index in [1.165, 1.54) is 44.4 Å². The topological polar surface area (TPSA) is 244 Å². The second-order valence-corrected chi connectivity index (χ2v) is 18.4. The molecular formula is C44H55NO16. The fourth-order valence-corrected chi connectivity index (χ4v) is 9.75. The van der Waals surface area contributed by atoms with Crippen LogP contribution in [0, 0.1) is 16.7 Å². The summed E-state index contributed by atoms with van der Waals surface area (Å²) < 4.78 is 41.1. The van der Waals surface area contributed by atoms with Gasteiger partial charge in [0.05, 0.1) is 35.9 Å². The summed E-state index contributed by atoms with van der Waals surface area (Å²) in [5.74, 6) is -6.48. The molecule has 332 valence electrons. The number of carbonyl (C=O) groups excluding carboxylic acids is 6. The van der Waals surface area contributed by atoms with Crippen molar-refractivity contribution in [2.45, 2.75) is 141 Å². The van der Waals surface area contributed by atoms with Crippen LogP contribution in [-0.4, -0.2) is 111 Å². The molecule has 17 nitrogen and oxygen atoms in total. The maximum atomic E-state index is 15.5. The number of hydrogen-bond acceptors (Lipinski definition) is 16. The molecule has 2 heterocycles. The number of Topliss-reactive ketones (excluding diaryl/α,β-unsaturated/α-hetero) is 1. The molecule has 2 saturated carbocycles. The van der Waals surface area contributed by atoms with Gasteiger partial charge in [0, 0.05) is 32.1 Å². The molecule has 1 aromatic carbocycles. The van der Waals surface area contributed by atoms with Crippen LogP contribution in [0.2, 0.25) is 0 Å². The number of amides is 1. The second kappa shape index (κ2) is 15.7. The van der Waals surface area contributed by atoms with Crippen LogP contribution in [0.3, 0.4) is 0 Å². The van der Waals surface area contributed by atoms with Crippen molar-refractivity contribution in [3.63, 3.8) is 0 Å². The summed E-state index contributed by atoms with van der Waals surface area (Å²) >= 11 is 0. The van der Waals surface area contributed by atoms with Crippen LogP contribution in [0.25, 0.3) is 0 Å². The summed E-state index contributed by atoms with van der Waals surface area (Å²) in [6.45, 7) is 13.8. The molecule has 1 saturated heterocycles. The molecule has 3 unspecified atom stereocenters. The summed E-state index contributed by atoms with van der Waals surface area (Å²) in [5, 5.41) is 40.2. The predicted molar refractivity (Wildman–Crippen MR) is 210 cm³/mol. The van der Waals surface area contributed by atoms with Gasteiger partial charge in [-0.1, -0.05) is 32.0 Å². The molecule has 2 bridgehead atoms. The number of furan rings is 1. The molecule has 61 heavy (non-hydrogen) atoms. The van der Waals surface area contributed by atoms with Crippen molar-refractivity contribution in [2.75, 3.05) is 6.61 Å². The van der Waals surface area contributed by atoms with Crippen LogP contribution in [0.15, 0.2) is 64.3 Å². The Morgan fingerprint density at radius 2 is 1.59 bits per heavy atom. The molecule has 1 aromatic heterocycles. The van der Waals surface area contributed by atoms with E-state index in [-0.39, 0.29) is 35.5 Å². The lowest BCUT2D eigenvalue weighted by Gasteiger charge is -2.67. The number of hydrogen-bond donors (Lipinski definition) is 4. The Morgan fingerprint density at radius 3 is 2.13 bits per heavy atom. The van der Waals surface area contributed by atoms with Crippen LogP contribution < -0.4 is 5.32 Å². The number of aliphatic hydroxyl groups excluding tert-OH is 1. The monoisotopic (exact) mass is 853 g/mol. The van der Waals surface area contributed by atoms with Gasteiger partial charge in [-0.05, 0) is 77.0 Å². The van der Waals surface area contributed by atoms with Gasteiger partial charge in [-0.2, -0.15) is 0 Å². The summed E-state index contributed by atoms with van der Waals surface area (Å²) in [6, 6.07) is 9.08. The van der Waals surface area contributed by atoms with Crippen LogP contribution in [0.5, 0.6) is 0 Å². The molecule has 3 aliphatic carbocycles. The van der Waals surface area contributed by atoms with Crippen LogP contribution >= 0.6 is 0 Å². The van der Waals surface area contributed by atoms with Crippen LogP contribution in [0.4, 0.5) is 4.79 Å². The van der Waals surface area contributed by atoms with E-state index < -0.39 is 118 Å². The number of aliphatic hydroxyl groups is 3. The maximum Gasteiger partial charge on any atom is 0.408 e. The van der Waals surface area contributed by atoms with Gasteiger partial charge in [0.25, 0.3) is 0 Å². The summed E-state index contributed by atoms with van der Waals surface area (Å²) in [5.41, 5.74) is -11.4. The molecule has 0 spiro atoms. The normalized spacial score (nSPS) is 33.1. The highest BCUT2D eigenvalue weighted by Gasteiger charge is 2.78. The first kappa shape index (κ1) is 45.4. The van der Waals surface area contributed by atoms with Gasteiger partial charge in [0.1, 0.15) is 41.3 Å². The maximum absolute atomic E-state index is 15.5. The smallest absolute Gasteiger partial charge is 0.408 e. The average molecular weight is 854 g/mol. The lowest BCUT2D eigenvalue weighted by Crippen LogP contribution is -2.82. The SMILES string of the molecule is CC(=O)O[C@H]1C(=O)[C@@]2(C)C(C(OC(=O)c3ccccc3)[C@]3(O)C[C@H](OC(=O)[C@](C)(O)[C@H](NC(=O)OC(C)(C)C)c4ccco4)C(C)=C1C3(C)C)[C@]1(OC(C)=O)COC1C[C@@H]2O. The van der Waals surface area contributed by atoms with E-state index in [2.05, 4.69) is 5.32 Å². The van der Waals surface area contributed by atoms with Crippen LogP contribution in [-0.2, 0) is 47.6 Å². The van der Waals surface area contributed by atoms with Gasteiger partial charge in [-0.3, -0.25) is 14.4 Å². The lowest BCUT2D eigenvalue weighted by molar-refractivity contribution is -0.346. The van der Waals surface area contributed by atoms with E-state index in [1.54, 1.807) is 52.8 Å².